The van der Waals surface area contributed by atoms with Crippen LogP contribution in [0.3, 0.4) is 0 Å². The van der Waals surface area contributed by atoms with E-state index < -0.39 is 17.1 Å². The van der Waals surface area contributed by atoms with E-state index in [1.165, 1.54) is 4.90 Å². The van der Waals surface area contributed by atoms with Crippen molar-refractivity contribution in [1.29, 1.82) is 0 Å². The van der Waals surface area contributed by atoms with Crippen LogP contribution < -0.4 is 0 Å². The molecule has 0 aliphatic carbocycles. The second-order valence-electron chi connectivity index (χ2n) is 6.01. The highest BCUT2D eigenvalue weighted by Crippen LogP contribution is 2.16. The Morgan fingerprint density at radius 3 is 1.81 bits per heavy atom. The van der Waals surface area contributed by atoms with Gasteiger partial charge in [-0.2, -0.15) is 0 Å². The molecule has 0 saturated heterocycles. The highest BCUT2D eigenvalue weighted by molar-refractivity contribution is 5.88. The second kappa shape index (κ2) is 4.85. The van der Waals surface area contributed by atoms with Crippen molar-refractivity contribution in [3.05, 3.63) is 0 Å². The predicted octanol–water partition coefficient (Wildman–Crippen LogP) is 2.47. The van der Waals surface area contributed by atoms with Crippen LogP contribution in [0, 0.1) is 5.41 Å². The summed E-state index contributed by atoms with van der Waals surface area (Å²) in [7, 11) is 1.57. The van der Waals surface area contributed by atoms with Crippen molar-refractivity contribution >= 4 is 11.9 Å². The molecular weight excluding hydrogens is 206 g/mol. The summed E-state index contributed by atoms with van der Waals surface area (Å²) in [4.78, 5) is 24.6. The number of hydrogen-bond donors (Lipinski definition) is 0. The van der Waals surface area contributed by atoms with Gasteiger partial charge in [-0.25, -0.2) is 4.79 Å². The molecule has 4 nitrogen and oxygen atoms in total. The SMILES string of the molecule is CN(CC(=O)C(C)(C)C)C(=O)OC(C)(C)C. The standard InChI is InChI=1S/C12H23NO3/c1-11(2,3)9(14)8-13(7)10(15)16-12(4,5)6/h8H2,1-7H3. The van der Waals surface area contributed by atoms with E-state index in [4.69, 9.17) is 4.74 Å². The van der Waals surface area contributed by atoms with Crippen molar-refractivity contribution < 1.29 is 14.3 Å². The fourth-order valence-corrected chi connectivity index (χ4v) is 0.857. The van der Waals surface area contributed by atoms with E-state index in [9.17, 15) is 9.59 Å². The van der Waals surface area contributed by atoms with E-state index in [0.717, 1.165) is 0 Å². The van der Waals surface area contributed by atoms with Gasteiger partial charge >= 0.3 is 6.09 Å². The molecule has 0 bridgehead atoms. The molecule has 94 valence electrons. The van der Waals surface area contributed by atoms with Crippen LogP contribution in [0.15, 0.2) is 0 Å². The molecule has 0 N–H and O–H groups in total. The quantitative estimate of drug-likeness (QED) is 0.730. The van der Waals surface area contributed by atoms with Crippen molar-refractivity contribution in [3.63, 3.8) is 0 Å². The summed E-state index contributed by atoms with van der Waals surface area (Å²) in [5, 5.41) is 0. The number of ketones is 1. The van der Waals surface area contributed by atoms with E-state index in [1.54, 1.807) is 27.8 Å². The molecule has 0 aromatic heterocycles. The minimum atomic E-state index is -0.532. The Hall–Kier alpha value is -1.06. The molecule has 0 aliphatic rings. The summed E-state index contributed by atoms with van der Waals surface area (Å²) in [5.41, 5.74) is -0.966. The van der Waals surface area contributed by atoms with Crippen molar-refractivity contribution in [2.75, 3.05) is 13.6 Å². The van der Waals surface area contributed by atoms with Gasteiger partial charge in [0, 0.05) is 12.5 Å². The Kier molecular flexibility index (Phi) is 4.53. The molecule has 0 saturated carbocycles. The number of carbonyl (C=O) groups is 2. The zero-order chi connectivity index (χ0) is 13.1. The van der Waals surface area contributed by atoms with Crippen molar-refractivity contribution in [1.82, 2.24) is 4.90 Å². The summed E-state index contributed by atoms with van der Waals surface area (Å²) >= 11 is 0. The van der Waals surface area contributed by atoms with E-state index in [0.29, 0.717) is 0 Å². The van der Waals surface area contributed by atoms with Gasteiger partial charge in [0.15, 0.2) is 5.78 Å². The summed E-state index contributed by atoms with van der Waals surface area (Å²) in [5.74, 6) is 0.0147. The van der Waals surface area contributed by atoms with Crippen LogP contribution in [0.4, 0.5) is 4.79 Å². The van der Waals surface area contributed by atoms with Gasteiger partial charge in [-0.1, -0.05) is 20.8 Å². The molecule has 0 aromatic carbocycles. The predicted molar refractivity (Wildman–Crippen MR) is 63.3 cm³/mol. The normalized spacial score (nSPS) is 12.2. The molecule has 0 rings (SSSR count). The topological polar surface area (TPSA) is 46.6 Å². The molecule has 16 heavy (non-hydrogen) atoms. The summed E-state index contributed by atoms with van der Waals surface area (Å²) < 4.78 is 5.15. The van der Waals surface area contributed by atoms with Crippen LogP contribution in [-0.2, 0) is 9.53 Å². The molecule has 4 heteroatoms. The number of nitrogens with zero attached hydrogens (tertiary/aromatic N) is 1. The Labute approximate surface area is 98.0 Å². The van der Waals surface area contributed by atoms with Crippen LogP contribution >= 0.6 is 0 Å². The Balaban J connectivity index is 4.33. The maximum absolute atomic E-state index is 11.7. The number of likely N-dealkylation sites (N-methyl/N-ethyl adjacent to an activating group) is 1. The summed E-state index contributed by atoms with van der Waals surface area (Å²) in [6, 6.07) is 0. The largest absolute Gasteiger partial charge is 0.444 e. The molecule has 0 aliphatic heterocycles. The Morgan fingerprint density at radius 1 is 1.06 bits per heavy atom. The van der Waals surface area contributed by atoms with Gasteiger partial charge in [0.05, 0.1) is 6.54 Å². The van der Waals surface area contributed by atoms with Gasteiger partial charge in [0.25, 0.3) is 0 Å². The molecule has 0 aromatic rings. The molecule has 0 fully saturated rings. The Morgan fingerprint density at radius 2 is 1.50 bits per heavy atom. The highest BCUT2D eigenvalue weighted by atomic mass is 16.6. The van der Waals surface area contributed by atoms with Crippen LogP contribution in [0.1, 0.15) is 41.5 Å². The first-order valence-electron chi connectivity index (χ1n) is 5.41. The lowest BCUT2D eigenvalue weighted by Crippen LogP contribution is -2.40. The fraction of sp³-hybridized carbons (Fsp3) is 0.833. The molecular formula is C12H23NO3. The van der Waals surface area contributed by atoms with Crippen LogP contribution in [0.2, 0.25) is 0 Å². The first-order valence-corrected chi connectivity index (χ1v) is 5.41. The molecule has 0 unspecified atom stereocenters. The van der Waals surface area contributed by atoms with Crippen LogP contribution in [-0.4, -0.2) is 36.0 Å². The van der Waals surface area contributed by atoms with Gasteiger partial charge < -0.3 is 9.64 Å². The third-order valence-corrected chi connectivity index (χ3v) is 1.92. The van der Waals surface area contributed by atoms with Gasteiger partial charge in [0.1, 0.15) is 5.60 Å². The first kappa shape index (κ1) is 14.9. The van der Waals surface area contributed by atoms with E-state index in [-0.39, 0.29) is 12.3 Å². The smallest absolute Gasteiger partial charge is 0.410 e. The Bertz CT molecular complexity index is 271. The number of rotatable bonds is 2. The maximum atomic E-state index is 11.7. The van der Waals surface area contributed by atoms with Gasteiger partial charge in [-0.15, -0.1) is 0 Å². The average molecular weight is 229 g/mol. The van der Waals surface area contributed by atoms with Crippen LogP contribution in [0.5, 0.6) is 0 Å². The van der Waals surface area contributed by atoms with Gasteiger partial charge in [0.2, 0.25) is 0 Å². The molecule has 0 spiro atoms. The van der Waals surface area contributed by atoms with Crippen molar-refractivity contribution in [3.8, 4) is 0 Å². The zero-order valence-electron chi connectivity index (χ0n) is 11.4. The first-order chi connectivity index (χ1) is 6.93. The molecule has 0 radical (unpaired) electrons. The summed E-state index contributed by atoms with van der Waals surface area (Å²) in [6.07, 6.45) is -0.468. The van der Waals surface area contributed by atoms with Crippen molar-refractivity contribution in [2.45, 2.75) is 47.1 Å². The number of carbonyl (C=O) groups excluding carboxylic acids is 2. The van der Waals surface area contributed by atoms with Crippen LogP contribution in [0.25, 0.3) is 0 Å². The number of ether oxygens (including phenoxy) is 1. The van der Waals surface area contributed by atoms with E-state index in [2.05, 4.69) is 0 Å². The third-order valence-electron chi connectivity index (χ3n) is 1.92. The molecule has 0 heterocycles. The number of Topliss-reactive ketones (excluding diaryl/α,β-unsaturated/α-hetero) is 1. The number of hydrogen-bond acceptors (Lipinski definition) is 3. The number of amides is 1. The third kappa shape index (κ3) is 5.73. The summed E-state index contributed by atoms with van der Waals surface area (Å²) in [6.45, 7) is 11.0. The van der Waals surface area contributed by atoms with E-state index >= 15 is 0 Å². The minimum absolute atomic E-state index is 0.0147. The monoisotopic (exact) mass is 229 g/mol. The fourth-order valence-electron chi connectivity index (χ4n) is 0.857. The maximum Gasteiger partial charge on any atom is 0.410 e. The highest BCUT2D eigenvalue weighted by Gasteiger charge is 2.26. The zero-order valence-corrected chi connectivity index (χ0v) is 11.4. The lowest BCUT2D eigenvalue weighted by atomic mass is 9.91. The van der Waals surface area contributed by atoms with Gasteiger partial charge in [-0.05, 0) is 20.8 Å². The second-order valence-corrected chi connectivity index (χ2v) is 6.01. The van der Waals surface area contributed by atoms with Gasteiger partial charge in [-0.3, -0.25) is 4.79 Å². The minimum Gasteiger partial charge on any atom is -0.444 e. The average Bonchev–Trinajstić information content (AvgIpc) is 1.98. The molecule has 1 amide bonds. The van der Waals surface area contributed by atoms with E-state index in [1.807, 2.05) is 20.8 Å². The molecule has 0 atom stereocenters. The lowest BCUT2D eigenvalue weighted by molar-refractivity contribution is -0.127. The lowest BCUT2D eigenvalue weighted by Gasteiger charge is -2.26. The van der Waals surface area contributed by atoms with Crippen molar-refractivity contribution in [2.24, 2.45) is 5.41 Å².